The van der Waals surface area contributed by atoms with Crippen LogP contribution in [0, 0.1) is 11.6 Å². The highest BCUT2D eigenvalue weighted by Crippen LogP contribution is 2.41. The Hall–Kier alpha value is -3.92. The molecule has 0 radical (unpaired) electrons. The first-order valence-electron chi connectivity index (χ1n) is 11.5. The fourth-order valence-electron chi connectivity index (χ4n) is 3.95. The first-order valence-corrected chi connectivity index (χ1v) is 12.9. The molecule has 220 valence electrons. The standard InChI is InChI=1S/C25H18F8N2O5S/c26-15-5-6-19(27)18(10-15)13-4-7-21-20(8-13)35(12-16(40-21)11-34-23(37)22(36)25(31,32)33)41(38,39)17-3-1-2-14(9-17)24(28,29)30/h1-10,16,22,36H,11-12H2,(H,34,37)/t16-,22+/m0/s1. The normalized spacial score (nSPS) is 16.5. The zero-order valence-corrected chi connectivity index (χ0v) is 21.1. The number of carbonyl (C=O) groups excluding carboxylic acids is 1. The van der Waals surface area contributed by atoms with E-state index in [0.717, 1.165) is 42.5 Å². The number of anilines is 1. The first-order chi connectivity index (χ1) is 19.0. The van der Waals surface area contributed by atoms with Crippen LogP contribution in [0.25, 0.3) is 11.1 Å². The maximum absolute atomic E-state index is 14.4. The second-order valence-corrected chi connectivity index (χ2v) is 10.7. The quantitative estimate of drug-likeness (QED) is 0.397. The molecule has 1 aliphatic heterocycles. The van der Waals surface area contributed by atoms with Gasteiger partial charge in [-0.3, -0.25) is 9.10 Å². The largest absolute Gasteiger partial charge is 0.484 e. The third kappa shape index (κ3) is 6.37. The molecule has 16 heteroatoms. The molecule has 2 N–H and O–H groups in total. The van der Waals surface area contributed by atoms with E-state index in [0.29, 0.717) is 16.4 Å². The number of amides is 1. The maximum Gasteiger partial charge on any atom is 0.423 e. The van der Waals surface area contributed by atoms with E-state index in [1.165, 1.54) is 6.07 Å². The number of nitrogens with zero attached hydrogens (tertiary/aromatic N) is 1. The summed E-state index contributed by atoms with van der Waals surface area (Å²) in [4.78, 5) is 10.9. The summed E-state index contributed by atoms with van der Waals surface area (Å²) in [6.45, 7) is -1.48. The van der Waals surface area contributed by atoms with Crippen LogP contribution in [0.1, 0.15) is 5.56 Å². The van der Waals surface area contributed by atoms with Gasteiger partial charge in [-0.25, -0.2) is 17.2 Å². The molecular weight excluding hydrogens is 592 g/mol. The second-order valence-electron chi connectivity index (χ2n) is 8.80. The molecule has 4 rings (SSSR count). The van der Waals surface area contributed by atoms with E-state index in [-0.39, 0.29) is 22.6 Å². The summed E-state index contributed by atoms with van der Waals surface area (Å²) in [7, 11) is -4.84. The Bertz CT molecular complexity index is 1580. The lowest BCUT2D eigenvalue weighted by Gasteiger charge is -2.36. The van der Waals surface area contributed by atoms with Crippen molar-refractivity contribution in [3.63, 3.8) is 0 Å². The summed E-state index contributed by atoms with van der Waals surface area (Å²) >= 11 is 0. The lowest BCUT2D eigenvalue weighted by Crippen LogP contribution is -2.51. The number of ether oxygens (including phenoxy) is 1. The number of fused-ring (bicyclic) bond motifs is 1. The predicted octanol–water partition coefficient (Wildman–Crippen LogP) is 4.65. The number of aliphatic hydroxyl groups is 1. The van der Waals surface area contributed by atoms with E-state index in [1.807, 2.05) is 0 Å². The molecule has 2 atom stereocenters. The Kier molecular flexibility index (Phi) is 7.92. The van der Waals surface area contributed by atoms with Crippen molar-refractivity contribution in [3.05, 3.63) is 77.9 Å². The molecule has 1 aliphatic rings. The molecule has 1 amide bonds. The second kappa shape index (κ2) is 10.8. The van der Waals surface area contributed by atoms with Crippen molar-refractivity contribution >= 4 is 21.6 Å². The van der Waals surface area contributed by atoms with Gasteiger partial charge < -0.3 is 15.2 Å². The van der Waals surface area contributed by atoms with Gasteiger partial charge in [-0.1, -0.05) is 12.1 Å². The molecule has 7 nitrogen and oxygen atoms in total. The highest BCUT2D eigenvalue weighted by atomic mass is 32.2. The topological polar surface area (TPSA) is 95.9 Å². The zero-order chi connectivity index (χ0) is 30.3. The number of rotatable bonds is 6. The van der Waals surface area contributed by atoms with Gasteiger partial charge in [0.05, 0.1) is 29.2 Å². The minimum absolute atomic E-state index is 0.0337. The van der Waals surface area contributed by atoms with Crippen LogP contribution in [0.3, 0.4) is 0 Å². The summed E-state index contributed by atoms with van der Waals surface area (Å²) in [5.41, 5.74) is -1.90. The van der Waals surface area contributed by atoms with Crippen LogP contribution in [-0.4, -0.2) is 50.9 Å². The highest BCUT2D eigenvalue weighted by molar-refractivity contribution is 7.92. The Morgan fingerprint density at radius 3 is 2.39 bits per heavy atom. The number of aliphatic hydroxyl groups excluding tert-OH is 1. The molecule has 1 heterocycles. The van der Waals surface area contributed by atoms with Gasteiger partial charge in [0.2, 0.25) is 6.10 Å². The van der Waals surface area contributed by atoms with Gasteiger partial charge in [-0.05, 0) is 54.1 Å². The van der Waals surface area contributed by atoms with Crippen LogP contribution in [0.5, 0.6) is 5.75 Å². The van der Waals surface area contributed by atoms with Gasteiger partial charge in [0.1, 0.15) is 23.5 Å². The monoisotopic (exact) mass is 610 g/mol. The molecule has 3 aromatic rings. The number of hydrogen-bond donors (Lipinski definition) is 2. The van der Waals surface area contributed by atoms with Gasteiger partial charge in [-0.15, -0.1) is 0 Å². The van der Waals surface area contributed by atoms with E-state index in [2.05, 4.69) is 0 Å². The SMILES string of the molecule is O=C(NC[C@H]1CN(S(=O)(=O)c2cccc(C(F)(F)F)c2)c2cc(-c3cc(F)ccc3F)ccc2O1)[C@@H](O)C(F)(F)F. The predicted molar refractivity (Wildman–Crippen MR) is 127 cm³/mol. The highest BCUT2D eigenvalue weighted by Gasteiger charge is 2.44. The van der Waals surface area contributed by atoms with E-state index >= 15 is 0 Å². The zero-order valence-electron chi connectivity index (χ0n) is 20.3. The average Bonchev–Trinajstić information content (AvgIpc) is 2.91. The van der Waals surface area contributed by atoms with Crippen molar-refractivity contribution in [2.75, 3.05) is 17.4 Å². The number of halogens is 8. The lowest BCUT2D eigenvalue weighted by molar-refractivity contribution is -0.205. The molecular formula is C25H18F8N2O5S. The van der Waals surface area contributed by atoms with E-state index in [9.17, 15) is 48.3 Å². The molecule has 41 heavy (non-hydrogen) atoms. The number of hydrogen-bond acceptors (Lipinski definition) is 5. The molecule has 0 saturated carbocycles. The van der Waals surface area contributed by atoms with Crippen LogP contribution in [0.15, 0.2) is 65.6 Å². The molecule has 3 aromatic carbocycles. The first kappa shape index (κ1) is 30.0. The van der Waals surface area contributed by atoms with Crippen LogP contribution < -0.4 is 14.4 Å². The maximum atomic E-state index is 14.4. The Labute approximate surface area is 227 Å². The van der Waals surface area contributed by atoms with Crippen molar-refractivity contribution in [3.8, 4) is 16.9 Å². The average molecular weight is 610 g/mol. The fraction of sp³-hybridized carbons (Fsp3) is 0.240. The van der Waals surface area contributed by atoms with Crippen LogP contribution >= 0.6 is 0 Å². The van der Waals surface area contributed by atoms with Crippen molar-refractivity contribution in [2.24, 2.45) is 0 Å². The number of benzene rings is 3. The van der Waals surface area contributed by atoms with Gasteiger partial charge in [-0.2, -0.15) is 26.3 Å². The third-order valence-corrected chi connectivity index (χ3v) is 7.72. The van der Waals surface area contributed by atoms with Gasteiger partial charge in [0.15, 0.2) is 0 Å². The number of alkyl halides is 6. The van der Waals surface area contributed by atoms with Crippen molar-refractivity contribution in [2.45, 2.75) is 29.5 Å². The number of carbonyl (C=O) groups is 1. The summed E-state index contributed by atoms with van der Waals surface area (Å²) in [6, 6.07) is 8.70. The van der Waals surface area contributed by atoms with Crippen molar-refractivity contribution < 1.29 is 58.2 Å². The summed E-state index contributed by atoms with van der Waals surface area (Å²) in [6.07, 6.45) is -15.0. The molecule has 0 aliphatic carbocycles. The summed E-state index contributed by atoms with van der Waals surface area (Å²) < 4.78 is 140. The molecule has 0 saturated heterocycles. The molecule has 0 aromatic heterocycles. The smallest absolute Gasteiger partial charge is 0.423 e. The number of nitrogens with one attached hydrogen (secondary N) is 1. The van der Waals surface area contributed by atoms with E-state index < -0.39 is 75.7 Å². The van der Waals surface area contributed by atoms with Crippen molar-refractivity contribution in [1.29, 1.82) is 0 Å². The lowest BCUT2D eigenvalue weighted by atomic mass is 10.0. The molecule has 0 bridgehead atoms. The molecule has 0 spiro atoms. The van der Waals surface area contributed by atoms with Gasteiger partial charge in [0, 0.05) is 5.56 Å². The van der Waals surface area contributed by atoms with Gasteiger partial charge >= 0.3 is 12.4 Å². The molecule has 0 fully saturated rings. The Morgan fingerprint density at radius 1 is 1.02 bits per heavy atom. The number of sulfonamides is 1. The molecule has 0 unspecified atom stereocenters. The fourth-order valence-corrected chi connectivity index (χ4v) is 5.50. The minimum Gasteiger partial charge on any atom is -0.484 e. The van der Waals surface area contributed by atoms with Crippen LogP contribution in [-0.2, 0) is 21.0 Å². The summed E-state index contributed by atoms with van der Waals surface area (Å²) in [5.74, 6) is -3.79. The minimum atomic E-state index is -5.29. The Morgan fingerprint density at radius 2 is 1.73 bits per heavy atom. The van der Waals surface area contributed by atoms with Gasteiger partial charge in [0.25, 0.3) is 15.9 Å². The Balaban J connectivity index is 1.76. The van der Waals surface area contributed by atoms with E-state index in [4.69, 9.17) is 9.84 Å². The van der Waals surface area contributed by atoms with E-state index in [1.54, 1.807) is 5.32 Å². The van der Waals surface area contributed by atoms with Crippen LogP contribution in [0.4, 0.5) is 40.8 Å². The van der Waals surface area contributed by atoms with Crippen LogP contribution in [0.2, 0.25) is 0 Å². The summed E-state index contributed by atoms with van der Waals surface area (Å²) in [5, 5.41) is 10.9. The van der Waals surface area contributed by atoms with Crippen molar-refractivity contribution in [1.82, 2.24) is 5.32 Å². The third-order valence-electron chi connectivity index (χ3n) is 5.94.